The van der Waals surface area contributed by atoms with Crippen molar-refractivity contribution in [3.8, 4) is 0 Å². The van der Waals surface area contributed by atoms with Crippen LogP contribution in [0.25, 0.3) is 0 Å². The third kappa shape index (κ3) is 7.45. The molecule has 0 amide bonds. The number of nitrogens with one attached hydrogen (secondary N) is 2. The van der Waals surface area contributed by atoms with Crippen molar-refractivity contribution in [3.63, 3.8) is 0 Å². The normalized spacial score (nSPS) is 15.3. The molecule has 0 atom stereocenters. The van der Waals surface area contributed by atoms with Crippen molar-refractivity contribution in [1.29, 1.82) is 0 Å². The van der Waals surface area contributed by atoms with Gasteiger partial charge in [0.05, 0.1) is 24.6 Å². The number of carbonyl (C=O) groups is 1. The van der Waals surface area contributed by atoms with E-state index in [9.17, 15) is 4.79 Å². The Labute approximate surface area is 177 Å². The Morgan fingerprint density at radius 1 is 1.45 bits per heavy atom. The van der Waals surface area contributed by atoms with E-state index in [4.69, 9.17) is 10.5 Å². The van der Waals surface area contributed by atoms with Crippen molar-refractivity contribution in [1.82, 2.24) is 9.31 Å². The lowest BCUT2D eigenvalue weighted by Gasteiger charge is -2.25. The first-order valence-electron chi connectivity index (χ1n) is 9.44. The van der Waals surface area contributed by atoms with Gasteiger partial charge in [0.25, 0.3) is 0 Å². The first-order chi connectivity index (χ1) is 13.9. The molecule has 0 spiro atoms. The van der Waals surface area contributed by atoms with Gasteiger partial charge >= 0.3 is 0 Å². The minimum atomic E-state index is -0.0648. The number of hydrazone groups is 1. The monoisotopic (exact) mass is 418 g/mol. The highest BCUT2D eigenvalue weighted by Gasteiger charge is 2.12. The summed E-state index contributed by atoms with van der Waals surface area (Å²) in [6.07, 6.45) is 3.44. The number of rotatable bonds is 10. The van der Waals surface area contributed by atoms with Crippen molar-refractivity contribution in [3.05, 3.63) is 47.9 Å². The zero-order chi connectivity index (χ0) is 21.2. The highest BCUT2D eigenvalue weighted by Crippen LogP contribution is 2.25. The quantitative estimate of drug-likeness (QED) is 0.231. The zero-order valence-corrected chi connectivity index (χ0v) is 18.1. The lowest BCUT2D eigenvalue weighted by molar-refractivity contribution is -0.114. The van der Waals surface area contributed by atoms with E-state index < -0.39 is 0 Å². The second-order valence-electron chi connectivity index (χ2n) is 6.53. The average Bonchev–Trinajstić information content (AvgIpc) is 2.72. The molecule has 0 aliphatic carbocycles. The van der Waals surface area contributed by atoms with Crippen LogP contribution < -0.4 is 15.8 Å². The summed E-state index contributed by atoms with van der Waals surface area (Å²) in [5, 5.41) is 8.69. The van der Waals surface area contributed by atoms with Gasteiger partial charge in [-0.2, -0.15) is 5.10 Å². The zero-order valence-electron chi connectivity index (χ0n) is 17.3. The fraction of sp³-hybridized carbons (Fsp3) is 0.400. The summed E-state index contributed by atoms with van der Waals surface area (Å²) in [6, 6.07) is 5.97. The number of anilines is 2. The minimum absolute atomic E-state index is 0.0648. The maximum Gasteiger partial charge on any atom is 0.184 e. The number of aryl methyl sites for hydroxylation is 1. The predicted molar refractivity (Wildman–Crippen MR) is 121 cm³/mol. The molecule has 1 aliphatic heterocycles. The number of carbonyl (C=O) groups excluding carboxylic acids is 1. The molecule has 4 N–H and O–H groups in total. The molecule has 0 bridgehead atoms. The molecule has 9 heteroatoms. The molecule has 1 aromatic carbocycles. The molecule has 0 radical (unpaired) electrons. The standard InChI is InChI=1S/C20H30N6O2S/c1-5-18(20(27)8-9-22-25(4)16(3)21)23-17-7-6-15(2)19(14-17)24-29-26-10-12-28-13-11-26/h5-7,9,14,23-24H,3,8,10-13,21H2,1-2,4H3/b18-5-,22-9-. The van der Waals surface area contributed by atoms with Gasteiger partial charge in [-0.25, -0.2) is 4.31 Å². The van der Waals surface area contributed by atoms with Gasteiger partial charge in [0, 0.05) is 50.6 Å². The van der Waals surface area contributed by atoms with Crippen LogP contribution in [0.5, 0.6) is 0 Å². The molecule has 2 rings (SSSR count). The lowest BCUT2D eigenvalue weighted by Crippen LogP contribution is -2.32. The molecule has 1 aromatic rings. The fourth-order valence-electron chi connectivity index (χ4n) is 2.45. The molecule has 1 heterocycles. The molecular weight excluding hydrogens is 388 g/mol. The Morgan fingerprint density at radius 3 is 2.83 bits per heavy atom. The van der Waals surface area contributed by atoms with Crippen LogP contribution in [0.15, 0.2) is 47.5 Å². The van der Waals surface area contributed by atoms with Gasteiger partial charge in [-0.05, 0) is 31.5 Å². The first-order valence-corrected chi connectivity index (χ1v) is 10.2. The molecule has 1 fully saturated rings. The van der Waals surface area contributed by atoms with Gasteiger partial charge < -0.3 is 20.5 Å². The fourth-order valence-corrected chi connectivity index (χ4v) is 3.23. The molecule has 158 valence electrons. The van der Waals surface area contributed by atoms with Crippen molar-refractivity contribution in [2.45, 2.75) is 20.3 Å². The van der Waals surface area contributed by atoms with Crippen molar-refractivity contribution >= 4 is 35.5 Å². The number of allylic oxidation sites excluding steroid dienone is 2. The second-order valence-corrected chi connectivity index (χ2v) is 7.44. The maximum absolute atomic E-state index is 12.5. The predicted octanol–water partition coefficient (Wildman–Crippen LogP) is 2.92. The number of nitrogens with two attached hydrogens (primary N) is 1. The molecule has 0 saturated carbocycles. The first kappa shape index (κ1) is 22.8. The van der Waals surface area contributed by atoms with Gasteiger partial charge in [-0.3, -0.25) is 9.80 Å². The largest absolute Gasteiger partial charge is 0.384 e. The Hall–Kier alpha value is -2.49. The lowest BCUT2D eigenvalue weighted by atomic mass is 10.1. The number of nitrogens with zero attached hydrogens (tertiary/aromatic N) is 3. The third-order valence-electron chi connectivity index (χ3n) is 4.31. The van der Waals surface area contributed by atoms with Crippen LogP contribution in [0.2, 0.25) is 0 Å². The molecule has 0 aromatic heterocycles. The molecule has 1 saturated heterocycles. The van der Waals surface area contributed by atoms with Gasteiger partial charge in [0.1, 0.15) is 5.82 Å². The van der Waals surface area contributed by atoms with Crippen LogP contribution in [-0.2, 0) is 9.53 Å². The topological polar surface area (TPSA) is 95.2 Å². The highest BCUT2D eigenvalue weighted by atomic mass is 32.2. The number of ketones is 1. The number of hydrogen-bond acceptors (Lipinski definition) is 9. The Bertz CT molecular complexity index is 774. The van der Waals surface area contributed by atoms with Gasteiger partial charge in [0.2, 0.25) is 0 Å². The van der Waals surface area contributed by atoms with Crippen molar-refractivity contribution < 1.29 is 9.53 Å². The molecule has 0 unspecified atom stereocenters. The third-order valence-corrected chi connectivity index (χ3v) is 5.24. The molecular formula is C20H30N6O2S. The number of ether oxygens (including phenoxy) is 1. The number of benzene rings is 1. The van der Waals surface area contributed by atoms with Crippen LogP contribution in [-0.4, -0.2) is 54.7 Å². The van der Waals surface area contributed by atoms with Crippen molar-refractivity contribution in [2.24, 2.45) is 10.8 Å². The average molecular weight is 419 g/mol. The van der Waals surface area contributed by atoms with Crippen LogP contribution in [0.4, 0.5) is 11.4 Å². The van der Waals surface area contributed by atoms with E-state index in [-0.39, 0.29) is 12.2 Å². The summed E-state index contributed by atoms with van der Waals surface area (Å²) in [5.74, 6) is 0.248. The van der Waals surface area contributed by atoms with E-state index in [1.807, 2.05) is 32.0 Å². The van der Waals surface area contributed by atoms with E-state index in [0.717, 1.165) is 43.2 Å². The summed E-state index contributed by atoms with van der Waals surface area (Å²) in [5.41, 5.74) is 9.01. The second kappa shape index (κ2) is 11.5. The highest BCUT2D eigenvalue weighted by molar-refractivity contribution is 7.98. The van der Waals surface area contributed by atoms with E-state index in [2.05, 4.69) is 26.0 Å². The summed E-state index contributed by atoms with van der Waals surface area (Å²) in [6.45, 7) is 10.7. The number of Topliss-reactive ketones (excluding diaryl/α,β-unsaturated/α-hetero) is 1. The SMILES string of the molecule is C=C(N)N(C)/N=C\CC(=O)/C(=C/C)Nc1ccc(C)c(NSN2CCOCC2)c1. The van der Waals surface area contributed by atoms with Crippen molar-refractivity contribution in [2.75, 3.05) is 43.4 Å². The molecule has 29 heavy (non-hydrogen) atoms. The summed E-state index contributed by atoms with van der Waals surface area (Å²) < 4.78 is 11.0. The van der Waals surface area contributed by atoms with Crippen LogP contribution in [0, 0.1) is 6.92 Å². The van der Waals surface area contributed by atoms with E-state index in [1.54, 1.807) is 25.3 Å². The van der Waals surface area contributed by atoms with Gasteiger partial charge in [-0.1, -0.05) is 18.7 Å². The maximum atomic E-state index is 12.5. The number of hydrogen-bond donors (Lipinski definition) is 3. The molecule has 1 aliphatic rings. The van der Waals surface area contributed by atoms with E-state index in [0.29, 0.717) is 11.5 Å². The number of morpholine rings is 1. The van der Waals surface area contributed by atoms with Gasteiger partial charge in [-0.15, -0.1) is 0 Å². The van der Waals surface area contributed by atoms with Crippen LogP contribution >= 0.6 is 12.1 Å². The summed E-state index contributed by atoms with van der Waals surface area (Å²) in [4.78, 5) is 12.5. The minimum Gasteiger partial charge on any atom is -0.384 e. The smallest absolute Gasteiger partial charge is 0.184 e. The molecule has 8 nitrogen and oxygen atoms in total. The Balaban J connectivity index is 1.96. The van der Waals surface area contributed by atoms with Crippen LogP contribution in [0.1, 0.15) is 18.9 Å². The van der Waals surface area contributed by atoms with Gasteiger partial charge in [0.15, 0.2) is 5.78 Å². The summed E-state index contributed by atoms with van der Waals surface area (Å²) in [7, 11) is 1.67. The van der Waals surface area contributed by atoms with Crippen LogP contribution in [0.3, 0.4) is 0 Å². The van der Waals surface area contributed by atoms with E-state index >= 15 is 0 Å². The Kier molecular flexibility index (Phi) is 9.04. The summed E-state index contributed by atoms with van der Waals surface area (Å²) >= 11 is 1.57. The Morgan fingerprint density at radius 2 is 2.17 bits per heavy atom. The van der Waals surface area contributed by atoms with E-state index in [1.165, 1.54) is 11.2 Å².